The largest absolute Gasteiger partial charge is 0.389 e. The fourth-order valence-electron chi connectivity index (χ4n) is 1.80. The summed E-state index contributed by atoms with van der Waals surface area (Å²) in [5.41, 5.74) is -0.512. The van der Waals surface area contributed by atoms with Gasteiger partial charge in [-0.3, -0.25) is 0 Å². The van der Waals surface area contributed by atoms with E-state index in [1.165, 1.54) is 13.0 Å². The van der Waals surface area contributed by atoms with Gasteiger partial charge in [-0.2, -0.15) is 0 Å². The van der Waals surface area contributed by atoms with E-state index in [0.29, 0.717) is 6.54 Å². The van der Waals surface area contributed by atoms with Crippen molar-refractivity contribution in [3.8, 4) is 0 Å². The molecule has 0 spiro atoms. The molecule has 0 aliphatic carbocycles. The van der Waals surface area contributed by atoms with Crippen LogP contribution in [0.4, 0.5) is 0 Å². The summed E-state index contributed by atoms with van der Waals surface area (Å²) in [7, 11) is 0. The molecule has 0 aromatic carbocycles. The third kappa shape index (κ3) is 6.46. The maximum Gasteiger partial charge on any atom is 0.0766 e. The fraction of sp³-hybridized carbons (Fsp3) is 1.00. The van der Waals surface area contributed by atoms with Gasteiger partial charge in [0.2, 0.25) is 0 Å². The molecule has 0 aliphatic rings. The van der Waals surface area contributed by atoms with Gasteiger partial charge in [-0.1, -0.05) is 27.7 Å². The highest BCUT2D eigenvalue weighted by atomic mass is 16.3. The molecular weight excluding hydrogens is 200 g/mol. The minimum atomic E-state index is -0.512. The van der Waals surface area contributed by atoms with Crippen molar-refractivity contribution in [3.63, 3.8) is 0 Å². The summed E-state index contributed by atoms with van der Waals surface area (Å²) in [4.78, 5) is 2.43. The van der Waals surface area contributed by atoms with Crippen LogP contribution < -0.4 is 5.32 Å². The molecule has 98 valence electrons. The number of hydrogen-bond donors (Lipinski definition) is 2. The zero-order valence-electron chi connectivity index (χ0n) is 11.6. The molecule has 3 nitrogen and oxygen atoms in total. The van der Waals surface area contributed by atoms with Crippen LogP contribution in [-0.2, 0) is 0 Å². The average molecular weight is 230 g/mol. The lowest BCUT2D eigenvalue weighted by molar-refractivity contribution is 0.0322. The van der Waals surface area contributed by atoms with E-state index in [9.17, 15) is 5.11 Å². The van der Waals surface area contributed by atoms with Crippen molar-refractivity contribution in [3.05, 3.63) is 0 Å². The second-order valence-electron chi connectivity index (χ2n) is 4.54. The highest BCUT2D eigenvalue weighted by Gasteiger charge is 2.20. The summed E-state index contributed by atoms with van der Waals surface area (Å²) in [6.07, 6.45) is 2.85. The second-order valence-corrected chi connectivity index (χ2v) is 4.54. The van der Waals surface area contributed by atoms with Gasteiger partial charge in [0.25, 0.3) is 0 Å². The predicted molar refractivity (Wildman–Crippen MR) is 70.8 cm³/mol. The van der Waals surface area contributed by atoms with Gasteiger partial charge in [-0.25, -0.2) is 0 Å². The maximum absolute atomic E-state index is 10.1. The molecule has 3 heteroatoms. The average Bonchev–Trinajstić information content (AvgIpc) is 2.32. The molecule has 0 atom stereocenters. The SMILES string of the molecule is CCCN(CC)CCNCC(O)(CC)CC. The van der Waals surface area contributed by atoms with Crippen LogP contribution in [0.5, 0.6) is 0 Å². The highest BCUT2D eigenvalue weighted by molar-refractivity contribution is 4.77. The van der Waals surface area contributed by atoms with Crippen molar-refractivity contribution >= 4 is 0 Å². The fourth-order valence-corrected chi connectivity index (χ4v) is 1.80. The van der Waals surface area contributed by atoms with Gasteiger partial charge < -0.3 is 15.3 Å². The van der Waals surface area contributed by atoms with Crippen molar-refractivity contribution < 1.29 is 5.11 Å². The van der Waals surface area contributed by atoms with Gasteiger partial charge >= 0.3 is 0 Å². The molecule has 0 heterocycles. The molecule has 2 N–H and O–H groups in total. The van der Waals surface area contributed by atoms with E-state index in [1.807, 2.05) is 13.8 Å². The van der Waals surface area contributed by atoms with Crippen LogP contribution in [0.25, 0.3) is 0 Å². The number of likely N-dealkylation sites (N-methyl/N-ethyl adjacent to an activating group) is 1. The molecule has 0 unspecified atom stereocenters. The molecule has 16 heavy (non-hydrogen) atoms. The number of aliphatic hydroxyl groups is 1. The molecule has 0 radical (unpaired) electrons. The van der Waals surface area contributed by atoms with Crippen LogP contribution in [0, 0.1) is 0 Å². The Hall–Kier alpha value is -0.120. The Morgan fingerprint density at radius 2 is 1.69 bits per heavy atom. The maximum atomic E-state index is 10.1. The summed E-state index contributed by atoms with van der Waals surface area (Å²) >= 11 is 0. The number of nitrogens with one attached hydrogen (secondary N) is 1. The van der Waals surface area contributed by atoms with Crippen molar-refractivity contribution in [2.75, 3.05) is 32.7 Å². The molecular formula is C13H30N2O. The van der Waals surface area contributed by atoms with Gasteiger partial charge in [0.05, 0.1) is 5.60 Å². The second kappa shape index (κ2) is 8.97. The molecule has 0 amide bonds. The van der Waals surface area contributed by atoms with Gasteiger partial charge in [0, 0.05) is 19.6 Å². The minimum Gasteiger partial charge on any atom is -0.389 e. The molecule has 0 aromatic heterocycles. The first kappa shape index (κ1) is 15.9. The lowest BCUT2D eigenvalue weighted by Gasteiger charge is -2.26. The third-order valence-electron chi connectivity index (χ3n) is 3.36. The van der Waals surface area contributed by atoms with Crippen molar-refractivity contribution in [1.29, 1.82) is 0 Å². The standard InChI is InChI=1S/C13H30N2O/c1-5-10-15(8-4)11-9-14-12-13(16,6-2)7-3/h14,16H,5-12H2,1-4H3. The lowest BCUT2D eigenvalue weighted by atomic mass is 9.98. The summed E-state index contributed by atoms with van der Waals surface area (Å²) in [6.45, 7) is 13.5. The van der Waals surface area contributed by atoms with Gasteiger partial charge in [-0.05, 0) is 32.4 Å². The summed E-state index contributed by atoms with van der Waals surface area (Å²) < 4.78 is 0. The molecule has 0 aromatic rings. The molecule has 0 aliphatic heterocycles. The zero-order valence-corrected chi connectivity index (χ0v) is 11.6. The minimum absolute atomic E-state index is 0.512. The topological polar surface area (TPSA) is 35.5 Å². The Bertz CT molecular complexity index is 158. The van der Waals surface area contributed by atoms with Crippen LogP contribution in [0.15, 0.2) is 0 Å². The Morgan fingerprint density at radius 3 is 2.12 bits per heavy atom. The van der Waals surface area contributed by atoms with Crippen LogP contribution in [0.1, 0.15) is 47.0 Å². The van der Waals surface area contributed by atoms with E-state index in [0.717, 1.165) is 32.5 Å². The van der Waals surface area contributed by atoms with Gasteiger partial charge in [-0.15, -0.1) is 0 Å². The Labute approximate surface area is 101 Å². The molecule has 0 fully saturated rings. The molecule has 0 bridgehead atoms. The van der Waals surface area contributed by atoms with E-state index in [2.05, 4.69) is 24.1 Å². The van der Waals surface area contributed by atoms with Crippen molar-refractivity contribution in [2.45, 2.75) is 52.6 Å². The van der Waals surface area contributed by atoms with E-state index >= 15 is 0 Å². The lowest BCUT2D eigenvalue weighted by Crippen LogP contribution is -2.42. The van der Waals surface area contributed by atoms with E-state index in [1.54, 1.807) is 0 Å². The monoisotopic (exact) mass is 230 g/mol. The molecule has 0 saturated heterocycles. The summed E-state index contributed by atoms with van der Waals surface area (Å²) in [6, 6.07) is 0. The molecule has 0 saturated carbocycles. The van der Waals surface area contributed by atoms with Crippen molar-refractivity contribution in [2.24, 2.45) is 0 Å². The Kier molecular flexibility index (Phi) is 8.90. The van der Waals surface area contributed by atoms with Crippen molar-refractivity contribution in [1.82, 2.24) is 10.2 Å². The Morgan fingerprint density at radius 1 is 1.06 bits per heavy atom. The summed E-state index contributed by atoms with van der Waals surface area (Å²) in [5.74, 6) is 0. The number of hydrogen-bond acceptors (Lipinski definition) is 3. The summed E-state index contributed by atoms with van der Waals surface area (Å²) in [5, 5.41) is 13.4. The predicted octanol–water partition coefficient (Wildman–Crippen LogP) is 1.86. The first-order valence-electron chi connectivity index (χ1n) is 6.77. The first-order chi connectivity index (χ1) is 7.61. The molecule has 0 rings (SSSR count). The highest BCUT2D eigenvalue weighted by Crippen LogP contribution is 2.12. The first-order valence-corrected chi connectivity index (χ1v) is 6.77. The third-order valence-corrected chi connectivity index (χ3v) is 3.36. The van der Waals surface area contributed by atoms with E-state index in [4.69, 9.17) is 0 Å². The Balaban J connectivity index is 3.65. The van der Waals surface area contributed by atoms with Crippen LogP contribution >= 0.6 is 0 Å². The zero-order chi connectivity index (χ0) is 12.4. The van der Waals surface area contributed by atoms with Gasteiger partial charge in [0.1, 0.15) is 0 Å². The van der Waals surface area contributed by atoms with Crippen LogP contribution in [-0.4, -0.2) is 48.3 Å². The van der Waals surface area contributed by atoms with E-state index < -0.39 is 5.60 Å². The number of nitrogens with zero attached hydrogens (tertiary/aromatic N) is 1. The quantitative estimate of drug-likeness (QED) is 0.562. The van der Waals surface area contributed by atoms with Gasteiger partial charge in [0.15, 0.2) is 0 Å². The van der Waals surface area contributed by atoms with E-state index in [-0.39, 0.29) is 0 Å². The van der Waals surface area contributed by atoms with Crippen LogP contribution in [0.3, 0.4) is 0 Å². The smallest absolute Gasteiger partial charge is 0.0766 e. The normalized spacial score (nSPS) is 12.4. The van der Waals surface area contributed by atoms with Crippen LogP contribution in [0.2, 0.25) is 0 Å². The number of rotatable bonds is 10.